The zero-order valence-electron chi connectivity index (χ0n) is 11.6. The van der Waals surface area contributed by atoms with Crippen LogP contribution in [0.1, 0.15) is 25.7 Å². The molecule has 1 saturated heterocycles. The topological polar surface area (TPSA) is 38.7 Å². The molecule has 2 saturated carbocycles. The van der Waals surface area contributed by atoms with Crippen LogP contribution in [0.3, 0.4) is 0 Å². The standard InChI is InChI=1S/C14H25N3OS/c18-8-7-16-3-5-17(6-4-16)14(19)15-13-10-11-1-2-12(13)9-11/h11-13,18H,1-10H2,(H,15,19)/t11-,12-,13+/m0/s1. The van der Waals surface area contributed by atoms with Gasteiger partial charge in [0.25, 0.3) is 0 Å². The van der Waals surface area contributed by atoms with E-state index in [1.807, 2.05) is 0 Å². The third kappa shape index (κ3) is 3.03. The lowest BCUT2D eigenvalue weighted by Gasteiger charge is -2.37. The van der Waals surface area contributed by atoms with E-state index in [0.717, 1.165) is 49.7 Å². The SMILES string of the molecule is OCCN1CCN(C(=S)N[C@@H]2C[C@H]3CC[C@H]2C3)CC1. The van der Waals surface area contributed by atoms with E-state index in [-0.39, 0.29) is 6.61 Å². The maximum atomic E-state index is 8.95. The van der Waals surface area contributed by atoms with Crippen LogP contribution in [0.5, 0.6) is 0 Å². The molecule has 0 amide bonds. The van der Waals surface area contributed by atoms with E-state index < -0.39 is 0 Å². The van der Waals surface area contributed by atoms with Crippen molar-refractivity contribution in [2.45, 2.75) is 31.7 Å². The number of aliphatic hydroxyl groups excluding tert-OH is 1. The number of β-amino-alcohol motifs (C(OH)–C–C–N with tert-alkyl or cyclic N) is 1. The molecular formula is C14H25N3OS. The first-order valence-electron chi connectivity index (χ1n) is 7.65. The summed E-state index contributed by atoms with van der Waals surface area (Å²) in [5.74, 6) is 1.84. The summed E-state index contributed by atoms with van der Waals surface area (Å²) in [6.45, 7) is 5.06. The quantitative estimate of drug-likeness (QED) is 0.745. The van der Waals surface area contributed by atoms with Gasteiger partial charge in [-0.05, 0) is 43.3 Å². The third-order valence-corrected chi connectivity index (χ3v) is 5.50. The first-order valence-corrected chi connectivity index (χ1v) is 8.05. The van der Waals surface area contributed by atoms with Crippen molar-refractivity contribution in [1.29, 1.82) is 0 Å². The Morgan fingerprint density at radius 1 is 1.16 bits per heavy atom. The molecule has 4 nitrogen and oxygen atoms in total. The molecule has 3 fully saturated rings. The van der Waals surface area contributed by atoms with Crippen molar-refractivity contribution in [3.05, 3.63) is 0 Å². The van der Waals surface area contributed by atoms with E-state index in [2.05, 4.69) is 15.1 Å². The summed E-state index contributed by atoms with van der Waals surface area (Å²) >= 11 is 5.58. The number of rotatable bonds is 3. The van der Waals surface area contributed by atoms with Crippen LogP contribution in [0.2, 0.25) is 0 Å². The van der Waals surface area contributed by atoms with Crippen LogP contribution in [-0.2, 0) is 0 Å². The highest BCUT2D eigenvalue weighted by Gasteiger charge is 2.40. The highest BCUT2D eigenvalue weighted by atomic mass is 32.1. The van der Waals surface area contributed by atoms with Crippen LogP contribution >= 0.6 is 12.2 Å². The second kappa shape index (κ2) is 5.94. The lowest BCUT2D eigenvalue weighted by molar-refractivity contribution is 0.146. The molecule has 3 rings (SSSR count). The molecule has 0 radical (unpaired) electrons. The molecule has 2 bridgehead atoms. The van der Waals surface area contributed by atoms with Crippen molar-refractivity contribution < 1.29 is 5.11 Å². The second-order valence-electron chi connectivity index (χ2n) is 6.28. The molecule has 1 aliphatic heterocycles. The fraction of sp³-hybridized carbons (Fsp3) is 0.929. The summed E-state index contributed by atoms with van der Waals surface area (Å²) in [5.41, 5.74) is 0. The molecule has 108 valence electrons. The normalized spacial score (nSPS) is 34.8. The molecule has 5 heteroatoms. The largest absolute Gasteiger partial charge is 0.395 e. The van der Waals surface area contributed by atoms with Crippen molar-refractivity contribution in [3.63, 3.8) is 0 Å². The maximum Gasteiger partial charge on any atom is 0.169 e. The van der Waals surface area contributed by atoms with Gasteiger partial charge < -0.3 is 15.3 Å². The second-order valence-corrected chi connectivity index (χ2v) is 6.67. The molecule has 0 unspecified atom stereocenters. The number of thiocarbonyl (C=S) groups is 1. The minimum Gasteiger partial charge on any atom is -0.395 e. The Hall–Kier alpha value is -0.390. The number of nitrogens with zero attached hydrogens (tertiary/aromatic N) is 2. The van der Waals surface area contributed by atoms with Gasteiger partial charge in [0, 0.05) is 38.8 Å². The molecule has 0 aromatic rings. The Balaban J connectivity index is 1.44. The number of piperazine rings is 1. The zero-order chi connectivity index (χ0) is 13.2. The Morgan fingerprint density at radius 2 is 1.95 bits per heavy atom. The van der Waals surface area contributed by atoms with Gasteiger partial charge in [-0.3, -0.25) is 4.90 Å². The monoisotopic (exact) mass is 283 g/mol. The van der Waals surface area contributed by atoms with Crippen LogP contribution in [-0.4, -0.2) is 65.4 Å². The lowest BCUT2D eigenvalue weighted by atomic mass is 9.95. The fourth-order valence-corrected chi connectivity index (χ4v) is 4.32. The molecule has 1 heterocycles. The Bertz CT molecular complexity index is 331. The third-order valence-electron chi connectivity index (χ3n) is 5.12. The van der Waals surface area contributed by atoms with Gasteiger partial charge in [-0.15, -0.1) is 0 Å². The lowest BCUT2D eigenvalue weighted by Crippen LogP contribution is -2.54. The smallest absolute Gasteiger partial charge is 0.169 e. The predicted molar refractivity (Wildman–Crippen MR) is 80.1 cm³/mol. The van der Waals surface area contributed by atoms with Crippen LogP contribution < -0.4 is 5.32 Å². The molecule has 3 aliphatic rings. The van der Waals surface area contributed by atoms with E-state index in [4.69, 9.17) is 17.3 Å². The van der Waals surface area contributed by atoms with Gasteiger partial charge in [0.1, 0.15) is 0 Å². The van der Waals surface area contributed by atoms with Crippen molar-refractivity contribution in [3.8, 4) is 0 Å². The summed E-state index contributed by atoms with van der Waals surface area (Å²) in [5, 5.41) is 13.5. The van der Waals surface area contributed by atoms with Gasteiger partial charge in [-0.2, -0.15) is 0 Å². The average molecular weight is 283 g/mol. The molecule has 3 atom stereocenters. The highest BCUT2D eigenvalue weighted by Crippen LogP contribution is 2.44. The Kier molecular flexibility index (Phi) is 4.24. The molecule has 0 aromatic heterocycles. The summed E-state index contributed by atoms with van der Waals surface area (Å²) in [4.78, 5) is 4.60. The minimum atomic E-state index is 0.258. The fourth-order valence-electron chi connectivity index (χ4n) is 3.99. The van der Waals surface area contributed by atoms with Crippen molar-refractivity contribution in [2.75, 3.05) is 39.3 Å². The van der Waals surface area contributed by atoms with Crippen LogP contribution in [0, 0.1) is 11.8 Å². The van der Waals surface area contributed by atoms with Gasteiger partial charge in [-0.1, -0.05) is 6.42 Å². The summed E-state index contributed by atoms with van der Waals surface area (Å²) in [6, 6.07) is 0.640. The van der Waals surface area contributed by atoms with Crippen molar-refractivity contribution in [2.24, 2.45) is 11.8 Å². The molecule has 2 aliphatic carbocycles. The van der Waals surface area contributed by atoms with Gasteiger partial charge in [0.15, 0.2) is 5.11 Å². The Labute approximate surface area is 121 Å². The highest BCUT2D eigenvalue weighted by molar-refractivity contribution is 7.80. The first kappa shape index (κ1) is 13.6. The number of aliphatic hydroxyl groups is 1. The summed E-state index contributed by atoms with van der Waals surface area (Å²) in [7, 11) is 0. The zero-order valence-corrected chi connectivity index (χ0v) is 12.4. The average Bonchev–Trinajstić information content (AvgIpc) is 3.02. The van der Waals surface area contributed by atoms with E-state index in [9.17, 15) is 0 Å². The Morgan fingerprint density at radius 3 is 2.53 bits per heavy atom. The van der Waals surface area contributed by atoms with Crippen molar-refractivity contribution >= 4 is 17.3 Å². The predicted octanol–water partition coefficient (Wildman–Crippen LogP) is 0.659. The van der Waals surface area contributed by atoms with E-state index in [1.165, 1.54) is 25.7 Å². The van der Waals surface area contributed by atoms with Crippen LogP contribution in [0.4, 0.5) is 0 Å². The number of hydrogen-bond acceptors (Lipinski definition) is 3. The van der Waals surface area contributed by atoms with Gasteiger partial charge in [0.05, 0.1) is 6.61 Å². The molecule has 2 N–H and O–H groups in total. The number of fused-ring (bicyclic) bond motifs is 2. The van der Waals surface area contributed by atoms with Crippen molar-refractivity contribution in [1.82, 2.24) is 15.1 Å². The number of hydrogen-bond donors (Lipinski definition) is 2. The maximum absolute atomic E-state index is 8.95. The molecule has 0 spiro atoms. The molecular weight excluding hydrogens is 258 g/mol. The van der Waals surface area contributed by atoms with E-state index in [0.29, 0.717) is 6.04 Å². The van der Waals surface area contributed by atoms with Crippen LogP contribution in [0.15, 0.2) is 0 Å². The summed E-state index contributed by atoms with van der Waals surface area (Å²) in [6.07, 6.45) is 5.59. The van der Waals surface area contributed by atoms with E-state index >= 15 is 0 Å². The number of nitrogens with one attached hydrogen (secondary N) is 1. The van der Waals surface area contributed by atoms with Gasteiger partial charge in [0.2, 0.25) is 0 Å². The minimum absolute atomic E-state index is 0.258. The van der Waals surface area contributed by atoms with E-state index in [1.54, 1.807) is 0 Å². The van der Waals surface area contributed by atoms with Crippen LogP contribution in [0.25, 0.3) is 0 Å². The first-order chi connectivity index (χ1) is 9.26. The van der Waals surface area contributed by atoms with Gasteiger partial charge >= 0.3 is 0 Å². The molecule has 19 heavy (non-hydrogen) atoms. The van der Waals surface area contributed by atoms with Gasteiger partial charge in [-0.25, -0.2) is 0 Å². The summed E-state index contributed by atoms with van der Waals surface area (Å²) < 4.78 is 0. The molecule has 0 aromatic carbocycles.